The van der Waals surface area contributed by atoms with Crippen molar-refractivity contribution in [3.8, 4) is 0 Å². The molecule has 0 bridgehead atoms. The molecule has 0 aliphatic carbocycles. The molecule has 0 saturated carbocycles. The summed E-state index contributed by atoms with van der Waals surface area (Å²) in [5, 5.41) is 6.74. The minimum atomic E-state index is -4.43. The zero-order valence-electron chi connectivity index (χ0n) is 11.4. The lowest BCUT2D eigenvalue weighted by Crippen LogP contribution is -2.21. The van der Waals surface area contributed by atoms with Crippen molar-refractivity contribution in [3.63, 3.8) is 0 Å². The monoisotopic (exact) mass is 328 g/mol. The van der Waals surface area contributed by atoms with E-state index in [4.69, 9.17) is 0 Å². The van der Waals surface area contributed by atoms with Crippen LogP contribution in [0.3, 0.4) is 0 Å². The lowest BCUT2D eigenvalue weighted by atomic mass is 10.3. The molecular weight excluding hydrogens is 317 g/mol. The molecule has 0 aliphatic heterocycles. The van der Waals surface area contributed by atoms with E-state index in [1.807, 2.05) is 17.8 Å². The van der Waals surface area contributed by atoms with Gasteiger partial charge in [0.05, 0.1) is 11.1 Å². The van der Waals surface area contributed by atoms with Crippen molar-refractivity contribution in [1.29, 1.82) is 0 Å². The minimum Gasteiger partial charge on any atom is -0.347 e. The molecule has 0 atom stereocenters. The van der Waals surface area contributed by atoms with Gasteiger partial charge < -0.3 is 9.88 Å². The van der Waals surface area contributed by atoms with Crippen molar-refractivity contribution < 1.29 is 18.0 Å². The number of carbonyl (C=O) groups excluding carboxylic acids is 1. The van der Waals surface area contributed by atoms with E-state index in [2.05, 4.69) is 10.4 Å². The van der Waals surface area contributed by atoms with Crippen LogP contribution in [-0.4, -0.2) is 20.1 Å². The van der Waals surface area contributed by atoms with Crippen molar-refractivity contribution in [2.24, 2.45) is 7.05 Å². The van der Waals surface area contributed by atoms with Crippen molar-refractivity contribution in [3.05, 3.63) is 46.0 Å². The Morgan fingerprint density at radius 2 is 2.14 bits per heavy atom. The third-order valence-electron chi connectivity index (χ3n) is 3.16. The number of thiophene rings is 1. The zero-order chi connectivity index (χ0) is 15.9. The molecule has 0 fully saturated rings. The van der Waals surface area contributed by atoms with Crippen LogP contribution < -0.4 is 5.32 Å². The first-order valence-corrected chi connectivity index (χ1v) is 7.10. The third kappa shape index (κ3) is 2.59. The Labute approximate surface area is 127 Å². The van der Waals surface area contributed by atoms with Gasteiger partial charge in [0.25, 0.3) is 5.91 Å². The van der Waals surface area contributed by atoms with E-state index in [1.54, 1.807) is 16.9 Å². The number of nitrogens with one attached hydrogen (secondary N) is 1. The molecule has 0 unspecified atom stereocenters. The van der Waals surface area contributed by atoms with Gasteiger partial charge >= 0.3 is 6.18 Å². The van der Waals surface area contributed by atoms with Gasteiger partial charge in [0.15, 0.2) is 0 Å². The summed E-state index contributed by atoms with van der Waals surface area (Å²) in [5.74, 6) is -0.533. The summed E-state index contributed by atoms with van der Waals surface area (Å²) in [6.07, 6.45) is 0.786. The van der Waals surface area contributed by atoms with Crippen LogP contribution in [0.4, 0.5) is 13.2 Å². The summed E-state index contributed by atoms with van der Waals surface area (Å²) >= 11 is 0.430. The van der Waals surface area contributed by atoms with Crippen LogP contribution in [-0.2, 0) is 19.8 Å². The van der Waals surface area contributed by atoms with E-state index in [-0.39, 0.29) is 11.4 Å². The maximum Gasteiger partial charge on any atom is 0.425 e. The molecule has 5 nitrogen and oxygen atoms in total. The van der Waals surface area contributed by atoms with Gasteiger partial charge in [-0.1, -0.05) is 0 Å². The highest BCUT2D eigenvalue weighted by molar-refractivity contribution is 7.14. The van der Waals surface area contributed by atoms with Crippen LogP contribution in [0.25, 0.3) is 5.65 Å². The first-order valence-electron chi connectivity index (χ1n) is 6.29. The Kier molecular flexibility index (Phi) is 3.44. The normalized spacial score (nSPS) is 12.0. The number of imidazole rings is 1. The molecule has 0 aliphatic rings. The molecule has 116 valence electrons. The Morgan fingerprint density at radius 3 is 2.82 bits per heavy atom. The van der Waals surface area contributed by atoms with E-state index >= 15 is 0 Å². The molecule has 3 aromatic rings. The predicted molar refractivity (Wildman–Crippen MR) is 74.7 cm³/mol. The second-order valence-electron chi connectivity index (χ2n) is 4.69. The van der Waals surface area contributed by atoms with E-state index in [0.29, 0.717) is 11.3 Å². The molecule has 1 amide bonds. The van der Waals surface area contributed by atoms with Gasteiger partial charge in [-0.25, -0.2) is 4.52 Å². The van der Waals surface area contributed by atoms with Gasteiger partial charge in [-0.3, -0.25) is 4.79 Å². The van der Waals surface area contributed by atoms with Crippen molar-refractivity contribution in [2.75, 3.05) is 0 Å². The number of aromatic nitrogens is 3. The second-order valence-corrected chi connectivity index (χ2v) is 5.78. The molecule has 3 rings (SSSR count). The second kappa shape index (κ2) is 5.16. The van der Waals surface area contributed by atoms with Crippen LogP contribution in [0.1, 0.15) is 20.1 Å². The summed E-state index contributed by atoms with van der Waals surface area (Å²) in [7, 11) is 1.84. The number of hydrogen-bond acceptors (Lipinski definition) is 3. The molecule has 3 aromatic heterocycles. The molecule has 0 aromatic carbocycles. The largest absolute Gasteiger partial charge is 0.425 e. The summed E-state index contributed by atoms with van der Waals surface area (Å²) in [5.41, 5.74) is 1.61. The first kappa shape index (κ1) is 14.6. The highest BCUT2D eigenvalue weighted by Gasteiger charge is 2.33. The van der Waals surface area contributed by atoms with Crippen LogP contribution in [0, 0.1) is 0 Å². The molecule has 1 N–H and O–H groups in total. The van der Waals surface area contributed by atoms with Gasteiger partial charge in [0.1, 0.15) is 10.5 Å². The smallest absolute Gasteiger partial charge is 0.347 e. The predicted octanol–water partition coefficient (Wildman–Crippen LogP) is 2.68. The Balaban J connectivity index is 1.72. The highest BCUT2D eigenvalue weighted by atomic mass is 32.1. The fourth-order valence-corrected chi connectivity index (χ4v) is 2.91. The maximum absolute atomic E-state index is 12.5. The van der Waals surface area contributed by atoms with Crippen LogP contribution >= 0.6 is 11.3 Å². The quantitative estimate of drug-likeness (QED) is 0.804. The standard InChI is InChI=1S/C13H11F3N4OS/c1-19-4-5-20-12(19)8(7-18-20)6-17-11(21)9-2-3-10(22-9)13(14,15)16/h2-5,7H,6H2,1H3,(H,17,21). The maximum atomic E-state index is 12.5. The highest BCUT2D eigenvalue weighted by Crippen LogP contribution is 2.34. The van der Waals surface area contributed by atoms with E-state index < -0.39 is 17.0 Å². The number of amides is 1. The van der Waals surface area contributed by atoms with Gasteiger partial charge in [-0.2, -0.15) is 18.3 Å². The third-order valence-corrected chi connectivity index (χ3v) is 4.29. The Morgan fingerprint density at radius 1 is 1.36 bits per heavy atom. The zero-order valence-corrected chi connectivity index (χ0v) is 12.2. The SMILES string of the molecule is Cn1ccn2ncc(CNC(=O)c3ccc(C(F)(F)F)s3)c12. The van der Waals surface area contributed by atoms with Crippen molar-refractivity contribution in [1.82, 2.24) is 19.5 Å². The first-order chi connectivity index (χ1) is 10.4. The number of halogens is 3. The molecule has 3 heterocycles. The van der Waals surface area contributed by atoms with Gasteiger partial charge in [0, 0.05) is 31.5 Å². The van der Waals surface area contributed by atoms with Crippen LogP contribution in [0.2, 0.25) is 0 Å². The van der Waals surface area contributed by atoms with E-state index in [9.17, 15) is 18.0 Å². The average molecular weight is 328 g/mol. The van der Waals surface area contributed by atoms with Crippen LogP contribution in [0.15, 0.2) is 30.7 Å². The Bertz CT molecular complexity index is 830. The molecule has 22 heavy (non-hydrogen) atoms. The fraction of sp³-hybridized carbons (Fsp3) is 0.231. The van der Waals surface area contributed by atoms with Crippen molar-refractivity contribution >= 4 is 22.9 Å². The van der Waals surface area contributed by atoms with E-state index in [0.717, 1.165) is 17.3 Å². The number of carbonyl (C=O) groups is 1. The topological polar surface area (TPSA) is 51.3 Å². The Hall–Kier alpha value is -2.29. The summed E-state index contributed by atoms with van der Waals surface area (Å²) in [4.78, 5) is 11.2. The van der Waals surface area contributed by atoms with Gasteiger partial charge in [-0.05, 0) is 12.1 Å². The molecule has 0 spiro atoms. The van der Waals surface area contributed by atoms with Crippen LogP contribution in [0.5, 0.6) is 0 Å². The molecule has 0 radical (unpaired) electrons. The molecule has 9 heteroatoms. The molecular formula is C13H11F3N4OS. The minimum absolute atomic E-state index is 0.0302. The number of fused-ring (bicyclic) bond motifs is 1. The number of alkyl halides is 3. The molecule has 0 saturated heterocycles. The fourth-order valence-electron chi connectivity index (χ4n) is 2.12. The van der Waals surface area contributed by atoms with Gasteiger partial charge in [-0.15, -0.1) is 11.3 Å². The van der Waals surface area contributed by atoms with Crippen molar-refractivity contribution in [2.45, 2.75) is 12.7 Å². The number of hydrogen-bond donors (Lipinski definition) is 1. The lowest BCUT2D eigenvalue weighted by molar-refractivity contribution is -0.134. The average Bonchev–Trinajstić information content (AvgIpc) is 3.13. The number of aryl methyl sites for hydroxylation is 1. The van der Waals surface area contributed by atoms with Gasteiger partial charge in [0.2, 0.25) is 0 Å². The summed E-state index contributed by atoms with van der Waals surface area (Å²) < 4.78 is 41.1. The lowest BCUT2D eigenvalue weighted by Gasteiger charge is -2.03. The van der Waals surface area contributed by atoms with E-state index in [1.165, 1.54) is 6.07 Å². The summed E-state index contributed by atoms with van der Waals surface area (Å²) in [6.45, 7) is 0.194. The number of nitrogens with zero attached hydrogens (tertiary/aromatic N) is 3. The number of rotatable bonds is 3. The summed E-state index contributed by atoms with van der Waals surface area (Å²) in [6, 6.07) is 2.09.